The summed E-state index contributed by atoms with van der Waals surface area (Å²) in [7, 11) is 0. The Balaban J connectivity index is 1.37. The fourth-order valence-corrected chi connectivity index (χ4v) is 6.59. The summed E-state index contributed by atoms with van der Waals surface area (Å²) in [5, 5.41) is 3.69. The molecule has 3 aliphatic rings. The molecule has 2 aromatic carbocycles. The van der Waals surface area contributed by atoms with Gasteiger partial charge < -0.3 is 10.2 Å². The van der Waals surface area contributed by atoms with E-state index < -0.39 is 5.41 Å². The van der Waals surface area contributed by atoms with Crippen molar-refractivity contribution in [1.29, 1.82) is 0 Å². The maximum Gasteiger partial charge on any atom is 0.233 e. The number of benzene rings is 2. The van der Waals surface area contributed by atoms with Gasteiger partial charge in [-0.15, -0.1) is 0 Å². The number of hydrogen-bond donors (Lipinski definition) is 1. The number of rotatable bonds is 3. The molecule has 0 radical (unpaired) electrons. The van der Waals surface area contributed by atoms with Crippen LogP contribution in [0.3, 0.4) is 0 Å². The molecule has 1 aliphatic carbocycles. The van der Waals surface area contributed by atoms with E-state index in [9.17, 15) is 14.0 Å². The first-order valence-electron chi connectivity index (χ1n) is 12.0. The molecule has 3 fully saturated rings. The minimum absolute atomic E-state index is 0.0709. The molecule has 4 nitrogen and oxygen atoms in total. The summed E-state index contributed by atoms with van der Waals surface area (Å²) in [5.41, 5.74) is 1.47. The monoisotopic (exact) mass is 468 g/mol. The second-order valence-corrected chi connectivity index (χ2v) is 10.5. The van der Waals surface area contributed by atoms with Crippen LogP contribution < -0.4 is 5.32 Å². The van der Waals surface area contributed by atoms with Gasteiger partial charge in [0.15, 0.2) is 0 Å². The molecule has 2 aromatic rings. The summed E-state index contributed by atoms with van der Waals surface area (Å²) < 4.78 is 13.5. The first kappa shape index (κ1) is 22.4. The Hall–Kier alpha value is -2.40. The van der Waals surface area contributed by atoms with Gasteiger partial charge in [0, 0.05) is 37.0 Å². The van der Waals surface area contributed by atoms with Crippen LogP contribution >= 0.6 is 11.6 Å². The quantitative estimate of drug-likeness (QED) is 0.672. The maximum absolute atomic E-state index is 13.9. The molecule has 1 atom stereocenters. The summed E-state index contributed by atoms with van der Waals surface area (Å²) in [6, 6.07) is 14.4. The predicted octanol–water partition coefficient (Wildman–Crippen LogP) is 5.20. The van der Waals surface area contributed by atoms with Gasteiger partial charge >= 0.3 is 0 Å². The van der Waals surface area contributed by atoms with Gasteiger partial charge in [-0.2, -0.15) is 0 Å². The van der Waals surface area contributed by atoms with Crippen molar-refractivity contribution in [1.82, 2.24) is 10.2 Å². The first-order chi connectivity index (χ1) is 15.9. The zero-order chi connectivity index (χ0) is 23.1. The molecule has 5 rings (SSSR count). The van der Waals surface area contributed by atoms with Crippen molar-refractivity contribution < 1.29 is 14.0 Å². The Bertz CT molecular complexity index is 1020. The summed E-state index contributed by atoms with van der Waals surface area (Å²) in [4.78, 5) is 28.3. The number of likely N-dealkylation sites (tertiary alicyclic amines) is 1. The molecule has 0 aromatic heterocycles. The number of nitrogens with one attached hydrogen (secondary N) is 1. The summed E-state index contributed by atoms with van der Waals surface area (Å²) in [6.45, 7) is 1.87. The second kappa shape index (κ2) is 8.75. The molecule has 1 spiro atoms. The fourth-order valence-electron chi connectivity index (χ4n) is 6.46. The summed E-state index contributed by atoms with van der Waals surface area (Å²) in [5.74, 6) is 0.166. The van der Waals surface area contributed by atoms with Gasteiger partial charge in [0.25, 0.3) is 0 Å². The van der Waals surface area contributed by atoms with Crippen molar-refractivity contribution in [3.8, 4) is 0 Å². The summed E-state index contributed by atoms with van der Waals surface area (Å²) in [6.07, 6.45) is 5.87. The second-order valence-electron chi connectivity index (χ2n) is 10.0. The van der Waals surface area contributed by atoms with Crippen LogP contribution in [0.4, 0.5) is 4.39 Å². The van der Waals surface area contributed by atoms with Crippen molar-refractivity contribution in [2.45, 2.75) is 56.3 Å². The van der Waals surface area contributed by atoms with Gasteiger partial charge in [0.05, 0.1) is 5.41 Å². The molecule has 2 amide bonds. The highest BCUT2D eigenvalue weighted by molar-refractivity contribution is 6.30. The van der Waals surface area contributed by atoms with E-state index in [-0.39, 0.29) is 29.0 Å². The lowest BCUT2D eigenvalue weighted by Crippen LogP contribution is -2.55. The van der Waals surface area contributed by atoms with Gasteiger partial charge in [-0.25, -0.2) is 4.39 Å². The highest BCUT2D eigenvalue weighted by Crippen LogP contribution is 2.50. The lowest BCUT2D eigenvalue weighted by molar-refractivity contribution is -0.141. The normalized spacial score (nSPS) is 24.0. The average Bonchev–Trinajstić information content (AvgIpc) is 3.32. The Labute approximate surface area is 199 Å². The van der Waals surface area contributed by atoms with E-state index in [4.69, 9.17) is 11.6 Å². The zero-order valence-electron chi connectivity index (χ0n) is 18.8. The average molecular weight is 469 g/mol. The van der Waals surface area contributed by atoms with Crippen LogP contribution in [0, 0.1) is 11.2 Å². The molecule has 6 heteroatoms. The molecule has 2 aliphatic heterocycles. The van der Waals surface area contributed by atoms with Crippen LogP contribution in [0.5, 0.6) is 0 Å². The maximum atomic E-state index is 13.9. The number of halogens is 2. The van der Waals surface area contributed by atoms with Gasteiger partial charge in [-0.3, -0.25) is 9.59 Å². The molecular weight excluding hydrogens is 439 g/mol. The molecule has 174 valence electrons. The molecular formula is C27H30ClFN2O2. The smallest absolute Gasteiger partial charge is 0.233 e. The molecule has 2 saturated heterocycles. The van der Waals surface area contributed by atoms with Crippen molar-refractivity contribution in [3.05, 3.63) is 70.5 Å². The van der Waals surface area contributed by atoms with E-state index in [0.717, 1.165) is 49.7 Å². The van der Waals surface area contributed by atoms with E-state index in [1.807, 2.05) is 41.3 Å². The minimum atomic E-state index is -0.463. The molecule has 1 N–H and O–H groups in total. The number of carbonyl (C=O) groups excluding carboxylic acids is 2. The van der Waals surface area contributed by atoms with E-state index in [1.165, 1.54) is 12.1 Å². The van der Waals surface area contributed by atoms with Gasteiger partial charge in [-0.05, 0) is 66.5 Å². The van der Waals surface area contributed by atoms with Crippen molar-refractivity contribution >= 4 is 23.4 Å². The number of hydrogen-bond acceptors (Lipinski definition) is 2. The van der Waals surface area contributed by atoms with Crippen LogP contribution in [-0.4, -0.2) is 36.3 Å². The Morgan fingerprint density at radius 1 is 0.970 bits per heavy atom. The Morgan fingerprint density at radius 2 is 1.61 bits per heavy atom. The standard InChI is InChI=1S/C27H30ClFN2O2/c28-21-7-5-20(6-8-21)27(11-1-2-12-27)25(33)31-15-13-26(14-16-31)17-24(32)30-18-23(26)19-3-9-22(29)10-4-19/h3-10,23H,1-2,11-18H2,(H,30,32). The van der Waals surface area contributed by atoms with Crippen molar-refractivity contribution in [3.63, 3.8) is 0 Å². The van der Waals surface area contributed by atoms with Gasteiger partial charge in [-0.1, -0.05) is 48.7 Å². The zero-order valence-corrected chi connectivity index (χ0v) is 19.5. The molecule has 1 saturated carbocycles. The number of piperidine rings is 2. The number of carbonyl (C=O) groups is 2. The number of nitrogens with zero attached hydrogens (tertiary/aromatic N) is 1. The third-order valence-electron chi connectivity index (χ3n) is 8.34. The highest BCUT2D eigenvalue weighted by Gasteiger charge is 2.50. The van der Waals surface area contributed by atoms with Crippen LogP contribution in [-0.2, 0) is 15.0 Å². The van der Waals surface area contributed by atoms with E-state index >= 15 is 0 Å². The minimum Gasteiger partial charge on any atom is -0.355 e. The highest BCUT2D eigenvalue weighted by atomic mass is 35.5. The topological polar surface area (TPSA) is 49.4 Å². The largest absolute Gasteiger partial charge is 0.355 e. The van der Waals surface area contributed by atoms with Crippen molar-refractivity contribution in [2.24, 2.45) is 5.41 Å². The summed E-state index contributed by atoms with van der Waals surface area (Å²) >= 11 is 6.11. The number of amides is 2. The van der Waals surface area contributed by atoms with Crippen LogP contribution in [0.1, 0.15) is 62.0 Å². The van der Waals surface area contributed by atoms with Crippen LogP contribution in [0.25, 0.3) is 0 Å². The SMILES string of the molecule is O=C1CC2(CCN(C(=O)C3(c4ccc(Cl)cc4)CCCC3)CC2)C(c2ccc(F)cc2)CN1. The Kier molecular flexibility index (Phi) is 5.94. The van der Waals surface area contributed by atoms with E-state index in [0.29, 0.717) is 31.1 Å². The van der Waals surface area contributed by atoms with Gasteiger partial charge in [0.2, 0.25) is 11.8 Å². The van der Waals surface area contributed by atoms with Crippen LogP contribution in [0.2, 0.25) is 5.02 Å². The lowest BCUT2D eigenvalue weighted by atomic mass is 9.62. The first-order valence-corrected chi connectivity index (χ1v) is 12.4. The van der Waals surface area contributed by atoms with E-state index in [2.05, 4.69) is 5.32 Å². The third-order valence-corrected chi connectivity index (χ3v) is 8.59. The third kappa shape index (κ3) is 4.05. The predicted molar refractivity (Wildman–Crippen MR) is 127 cm³/mol. The lowest BCUT2D eigenvalue weighted by Gasteiger charge is -2.50. The fraction of sp³-hybridized carbons (Fsp3) is 0.481. The Morgan fingerprint density at radius 3 is 2.24 bits per heavy atom. The van der Waals surface area contributed by atoms with E-state index in [1.54, 1.807) is 0 Å². The van der Waals surface area contributed by atoms with Crippen molar-refractivity contribution in [2.75, 3.05) is 19.6 Å². The van der Waals surface area contributed by atoms with Gasteiger partial charge in [0.1, 0.15) is 5.82 Å². The molecule has 1 unspecified atom stereocenters. The molecule has 0 bridgehead atoms. The molecule has 2 heterocycles. The molecule has 33 heavy (non-hydrogen) atoms. The van der Waals surface area contributed by atoms with Crippen LogP contribution in [0.15, 0.2) is 48.5 Å².